The largest absolute Gasteiger partial charge is 0.403 e. The summed E-state index contributed by atoms with van der Waals surface area (Å²) in [5.41, 5.74) is 5.78. The third-order valence-corrected chi connectivity index (χ3v) is 1.48. The average molecular weight is 159 g/mol. The Morgan fingerprint density at radius 2 is 2.27 bits per heavy atom. The monoisotopic (exact) mass is 159 g/mol. The Labute approximate surface area is 67.4 Å². The molecule has 0 unspecified atom stereocenters. The van der Waals surface area contributed by atoms with Crippen molar-refractivity contribution in [3.63, 3.8) is 0 Å². The highest BCUT2D eigenvalue weighted by Gasteiger charge is 2.00. The average Bonchev–Trinajstić information content (AvgIpc) is 2.03. The molecule has 0 fully saturated rings. The van der Waals surface area contributed by atoms with Gasteiger partial charge in [-0.3, -0.25) is 0 Å². The van der Waals surface area contributed by atoms with E-state index < -0.39 is 0 Å². The third-order valence-electron chi connectivity index (χ3n) is 1.48. The van der Waals surface area contributed by atoms with E-state index in [0.717, 1.165) is 19.4 Å². The summed E-state index contributed by atoms with van der Waals surface area (Å²) in [6.07, 6.45) is 3.42. The van der Waals surface area contributed by atoms with Gasteiger partial charge in [-0.25, -0.2) is 5.84 Å². The van der Waals surface area contributed by atoms with Crippen LogP contribution in [-0.4, -0.2) is 23.3 Å². The molecular formula is C7H17N3O. The third kappa shape index (κ3) is 3.85. The van der Waals surface area contributed by atoms with E-state index in [2.05, 4.69) is 6.92 Å². The van der Waals surface area contributed by atoms with E-state index in [4.69, 9.17) is 16.7 Å². The molecule has 66 valence electrons. The Balaban J connectivity index is 3.70. The van der Waals surface area contributed by atoms with Gasteiger partial charge in [0.15, 0.2) is 0 Å². The maximum atomic E-state index is 8.73. The van der Waals surface area contributed by atoms with Crippen molar-refractivity contribution in [3.8, 4) is 0 Å². The number of unbranched alkanes of at least 4 members (excludes halogenated alkanes) is 1. The number of hydrogen-bond acceptors (Lipinski definition) is 4. The van der Waals surface area contributed by atoms with Gasteiger partial charge >= 0.3 is 0 Å². The normalized spacial score (nSPS) is 11.7. The van der Waals surface area contributed by atoms with Gasteiger partial charge in [0, 0.05) is 12.7 Å². The lowest BCUT2D eigenvalue weighted by molar-refractivity contribution is 0.252. The van der Waals surface area contributed by atoms with Crippen LogP contribution >= 0.6 is 0 Å². The van der Waals surface area contributed by atoms with E-state index in [1.165, 1.54) is 11.2 Å². The first kappa shape index (κ1) is 10.3. The summed E-state index contributed by atoms with van der Waals surface area (Å²) in [4.78, 5) is 0. The molecule has 0 aromatic heterocycles. The zero-order chi connectivity index (χ0) is 8.69. The summed E-state index contributed by atoms with van der Waals surface area (Å²) in [5.74, 6) is 5.55. The molecular weight excluding hydrogens is 142 g/mol. The van der Waals surface area contributed by atoms with Crippen LogP contribution in [0.4, 0.5) is 0 Å². The Kier molecular flexibility index (Phi) is 5.60. The van der Waals surface area contributed by atoms with Gasteiger partial charge in [-0.15, -0.1) is 0 Å². The van der Waals surface area contributed by atoms with Gasteiger partial charge in [0.05, 0.1) is 12.3 Å². The molecule has 4 nitrogen and oxygen atoms in total. The van der Waals surface area contributed by atoms with Crippen LogP contribution in [-0.2, 0) is 0 Å². The molecule has 0 amide bonds. The molecule has 0 atom stereocenters. The van der Waals surface area contributed by atoms with Crippen molar-refractivity contribution in [2.75, 3.05) is 13.2 Å². The van der Waals surface area contributed by atoms with Gasteiger partial charge in [0.25, 0.3) is 0 Å². The molecule has 0 aliphatic rings. The fraction of sp³-hybridized carbons (Fsp3) is 0.714. The smallest absolute Gasteiger partial charge is 0.0858 e. The molecule has 5 N–H and O–H groups in total. The molecule has 0 saturated heterocycles. The quantitative estimate of drug-likeness (QED) is 0.382. The molecule has 0 rings (SSSR count). The lowest BCUT2D eigenvalue weighted by Crippen LogP contribution is -2.33. The summed E-state index contributed by atoms with van der Waals surface area (Å²) in [6.45, 7) is 2.72. The minimum atomic E-state index is -0.100. The summed E-state index contributed by atoms with van der Waals surface area (Å²) < 4.78 is 0. The maximum absolute atomic E-state index is 8.73. The van der Waals surface area contributed by atoms with E-state index >= 15 is 0 Å². The van der Waals surface area contributed by atoms with Gasteiger partial charge in [-0.2, -0.15) is 0 Å². The number of nitrogens with two attached hydrogens (primary N) is 2. The Morgan fingerprint density at radius 3 is 2.64 bits per heavy atom. The van der Waals surface area contributed by atoms with Gasteiger partial charge in [0.2, 0.25) is 0 Å². The van der Waals surface area contributed by atoms with E-state index in [0.29, 0.717) is 5.70 Å². The summed E-state index contributed by atoms with van der Waals surface area (Å²) in [5, 5.41) is 10.2. The van der Waals surface area contributed by atoms with Crippen molar-refractivity contribution in [2.24, 2.45) is 11.6 Å². The first-order valence-corrected chi connectivity index (χ1v) is 3.80. The van der Waals surface area contributed by atoms with Crippen molar-refractivity contribution in [2.45, 2.75) is 19.8 Å². The van der Waals surface area contributed by atoms with Gasteiger partial charge in [-0.1, -0.05) is 13.3 Å². The van der Waals surface area contributed by atoms with Crippen molar-refractivity contribution in [1.82, 2.24) is 5.01 Å². The fourth-order valence-electron chi connectivity index (χ4n) is 0.711. The molecule has 4 heteroatoms. The van der Waals surface area contributed by atoms with E-state index in [9.17, 15) is 0 Å². The number of hydrazine groups is 1. The van der Waals surface area contributed by atoms with Crippen LogP contribution < -0.4 is 11.6 Å². The van der Waals surface area contributed by atoms with Gasteiger partial charge in [0.1, 0.15) is 0 Å². The Bertz CT molecular complexity index is 125. The minimum absolute atomic E-state index is 0.100. The predicted molar refractivity (Wildman–Crippen MR) is 45.2 cm³/mol. The number of aliphatic hydroxyl groups excluding tert-OH is 1. The predicted octanol–water partition coefficient (Wildman–Crippen LogP) is -0.245. The van der Waals surface area contributed by atoms with E-state index in [1.54, 1.807) is 0 Å². The maximum Gasteiger partial charge on any atom is 0.0858 e. The van der Waals surface area contributed by atoms with Crippen molar-refractivity contribution in [1.29, 1.82) is 0 Å². The number of aliphatic hydroxyl groups is 1. The van der Waals surface area contributed by atoms with E-state index in [1.807, 2.05) is 0 Å². The van der Waals surface area contributed by atoms with Crippen LogP contribution in [0.25, 0.3) is 0 Å². The topological polar surface area (TPSA) is 75.5 Å². The summed E-state index contributed by atoms with van der Waals surface area (Å²) in [7, 11) is 0. The van der Waals surface area contributed by atoms with Crippen LogP contribution in [0.3, 0.4) is 0 Å². The zero-order valence-corrected chi connectivity index (χ0v) is 6.95. The second kappa shape index (κ2) is 6.00. The van der Waals surface area contributed by atoms with Crippen molar-refractivity contribution in [3.05, 3.63) is 11.9 Å². The van der Waals surface area contributed by atoms with Crippen LogP contribution in [0.2, 0.25) is 0 Å². The molecule has 0 saturated carbocycles. The number of nitrogens with zero attached hydrogens (tertiary/aromatic N) is 1. The van der Waals surface area contributed by atoms with Gasteiger partial charge in [-0.05, 0) is 6.42 Å². The SMILES string of the molecule is CCCCN(N)/C(=C\N)CO. The van der Waals surface area contributed by atoms with Crippen LogP contribution in [0.5, 0.6) is 0 Å². The van der Waals surface area contributed by atoms with Gasteiger partial charge < -0.3 is 15.8 Å². The molecule has 0 spiro atoms. The molecule has 11 heavy (non-hydrogen) atoms. The second-order valence-corrected chi connectivity index (χ2v) is 2.36. The second-order valence-electron chi connectivity index (χ2n) is 2.36. The fourth-order valence-corrected chi connectivity index (χ4v) is 0.711. The molecule has 0 aromatic rings. The highest BCUT2D eigenvalue weighted by Crippen LogP contribution is 1.97. The van der Waals surface area contributed by atoms with Crippen LogP contribution in [0.15, 0.2) is 11.9 Å². The van der Waals surface area contributed by atoms with Crippen molar-refractivity contribution < 1.29 is 5.11 Å². The lowest BCUT2D eigenvalue weighted by atomic mass is 10.3. The highest BCUT2D eigenvalue weighted by atomic mass is 16.3. The van der Waals surface area contributed by atoms with Crippen LogP contribution in [0, 0.1) is 0 Å². The van der Waals surface area contributed by atoms with E-state index in [-0.39, 0.29) is 6.61 Å². The first-order chi connectivity index (χ1) is 5.26. The summed E-state index contributed by atoms with van der Waals surface area (Å²) in [6, 6.07) is 0. The zero-order valence-electron chi connectivity index (χ0n) is 6.95. The lowest BCUT2D eigenvalue weighted by Gasteiger charge is -2.19. The molecule has 0 heterocycles. The molecule has 0 radical (unpaired) electrons. The Hall–Kier alpha value is -0.740. The van der Waals surface area contributed by atoms with Crippen molar-refractivity contribution >= 4 is 0 Å². The molecule has 0 bridgehead atoms. The Morgan fingerprint density at radius 1 is 1.64 bits per heavy atom. The van der Waals surface area contributed by atoms with Crippen LogP contribution in [0.1, 0.15) is 19.8 Å². The molecule has 0 aromatic carbocycles. The summed E-state index contributed by atoms with van der Waals surface area (Å²) >= 11 is 0. The first-order valence-electron chi connectivity index (χ1n) is 3.80. The highest BCUT2D eigenvalue weighted by molar-refractivity contribution is 4.96. The number of rotatable bonds is 5. The molecule has 0 aliphatic carbocycles. The number of hydrogen-bond donors (Lipinski definition) is 3. The standard InChI is InChI=1S/C7H17N3O/c1-2-3-4-10(9)7(5-8)6-11/h5,11H,2-4,6,8-9H2,1H3/b7-5-. The minimum Gasteiger partial charge on any atom is -0.403 e. The molecule has 0 aliphatic heterocycles.